The van der Waals surface area contributed by atoms with Gasteiger partial charge in [-0.3, -0.25) is 0 Å². The van der Waals surface area contributed by atoms with Gasteiger partial charge in [-0.1, -0.05) is 0 Å². The second-order valence-corrected chi connectivity index (χ2v) is 3.89. The number of anilines is 1. The molecule has 16 heavy (non-hydrogen) atoms. The summed E-state index contributed by atoms with van der Waals surface area (Å²) in [6.45, 7) is 0.760. The van der Waals surface area contributed by atoms with Crippen LogP contribution in [0.1, 0.15) is 11.6 Å². The molecule has 4 aliphatic rings. The first kappa shape index (κ1) is 8.12. The van der Waals surface area contributed by atoms with E-state index in [9.17, 15) is 0 Å². The van der Waals surface area contributed by atoms with Crippen molar-refractivity contribution >= 4 is 11.4 Å². The maximum atomic E-state index is 4.26. The van der Waals surface area contributed by atoms with Crippen molar-refractivity contribution in [2.24, 2.45) is 10.2 Å². The molecule has 4 rings (SSSR count). The molecule has 0 aromatic heterocycles. The molecule has 0 amide bonds. The van der Waals surface area contributed by atoms with Crippen molar-refractivity contribution in [3.63, 3.8) is 0 Å². The summed E-state index contributed by atoms with van der Waals surface area (Å²) in [5.74, 6) is 0. The highest BCUT2D eigenvalue weighted by Crippen LogP contribution is 2.46. The minimum Gasteiger partial charge on any atom is -0.321 e. The number of hydrazine groups is 1. The maximum absolute atomic E-state index is 4.26. The number of hydrogen-bond donors (Lipinski definition) is 2. The summed E-state index contributed by atoms with van der Waals surface area (Å²) < 4.78 is 0. The summed E-state index contributed by atoms with van der Waals surface area (Å²) in [7, 11) is 0. The van der Waals surface area contributed by atoms with Crippen molar-refractivity contribution in [1.82, 2.24) is 15.6 Å². The molecule has 0 spiro atoms. The summed E-state index contributed by atoms with van der Waals surface area (Å²) in [5, 5.41) is 16.5. The van der Waals surface area contributed by atoms with Gasteiger partial charge in [0.25, 0.3) is 0 Å². The quantitative estimate of drug-likeness (QED) is 0.696. The van der Waals surface area contributed by atoms with E-state index in [2.05, 4.69) is 31.3 Å². The van der Waals surface area contributed by atoms with Gasteiger partial charge in [0.2, 0.25) is 0 Å². The van der Waals surface area contributed by atoms with Crippen molar-refractivity contribution in [2.75, 3.05) is 12.0 Å². The van der Waals surface area contributed by atoms with Crippen LogP contribution in [-0.2, 0) is 0 Å². The monoisotopic (exact) mass is 212 g/mol. The molecule has 0 bridgehead atoms. The molecule has 0 saturated heterocycles. The Morgan fingerprint density at radius 2 is 2.31 bits per heavy atom. The molecule has 0 aromatic rings. The van der Waals surface area contributed by atoms with Crippen LogP contribution in [0, 0.1) is 0 Å². The van der Waals surface area contributed by atoms with Gasteiger partial charge in [-0.2, -0.15) is 20.4 Å². The van der Waals surface area contributed by atoms with Crippen LogP contribution in [0.25, 0.3) is 11.3 Å². The van der Waals surface area contributed by atoms with Crippen LogP contribution in [0.3, 0.4) is 0 Å². The molecule has 1 atom stereocenters. The van der Waals surface area contributed by atoms with Gasteiger partial charge in [-0.15, -0.1) is 0 Å². The fourth-order valence-corrected chi connectivity index (χ4v) is 2.22. The number of hydrogen-bond acceptors (Lipinski definition) is 6. The van der Waals surface area contributed by atoms with Crippen molar-refractivity contribution in [3.8, 4) is 11.3 Å². The number of nitrogens with one attached hydrogen (secondary N) is 2. The molecule has 1 aliphatic carbocycles. The summed E-state index contributed by atoms with van der Waals surface area (Å²) in [4.78, 5) is 0. The largest absolute Gasteiger partial charge is 0.321 e. The highest BCUT2D eigenvalue weighted by atomic mass is 15.4. The van der Waals surface area contributed by atoms with E-state index in [-0.39, 0.29) is 6.04 Å². The SMILES string of the molecule is c1cc2c3c(c4cnnc1-4)N=NC3CNN2. The van der Waals surface area contributed by atoms with E-state index in [1.54, 1.807) is 6.20 Å². The van der Waals surface area contributed by atoms with Gasteiger partial charge in [0.05, 0.1) is 23.1 Å². The first-order valence-corrected chi connectivity index (χ1v) is 5.11. The summed E-state index contributed by atoms with van der Waals surface area (Å²) in [5.41, 5.74) is 11.1. The van der Waals surface area contributed by atoms with Gasteiger partial charge in [-0.25, -0.2) is 5.43 Å². The Balaban J connectivity index is 2.13. The Kier molecular flexibility index (Phi) is 1.39. The van der Waals surface area contributed by atoms with Crippen LogP contribution in [0.2, 0.25) is 0 Å². The zero-order valence-electron chi connectivity index (χ0n) is 8.31. The number of fused-ring (bicyclic) bond motifs is 2. The second kappa shape index (κ2) is 2.73. The summed E-state index contributed by atoms with van der Waals surface area (Å²) >= 11 is 0. The lowest BCUT2D eigenvalue weighted by atomic mass is 10.0. The fraction of sp³-hybridized carbons (Fsp3) is 0.200. The molecular formula is C10H8N6. The van der Waals surface area contributed by atoms with E-state index in [0.717, 1.165) is 34.7 Å². The summed E-state index contributed by atoms with van der Waals surface area (Å²) in [6.07, 6.45) is 1.74. The molecule has 0 fully saturated rings. The Morgan fingerprint density at radius 1 is 1.31 bits per heavy atom. The highest BCUT2D eigenvalue weighted by molar-refractivity contribution is 5.81. The molecule has 3 heterocycles. The molecular weight excluding hydrogens is 204 g/mol. The first-order chi connectivity index (χ1) is 7.93. The van der Waals surface area contributed by atoms with Crippen molar-refractivity contribution in [2.45, 2.75) is 6.04 Å². The minimum atomic E-state index is 0.108. The molecule has 0 aromatic carbocycles. The van der Waals surface area contributed by atoms with E-state index in [1.807, 2.05) is 12.1 Å². The van der Waals surface area contributed by atoms with Gasteiger partial charge in [0.1, 0.15) is 11.7 Å². The van der Waals surface area contributed by atoms with Gasteiger partial charge < -0.3 is 5.43 Å². The van der Waals surface area contributed by atoms with Crippen molar-refractivity contribution in [3.05, 3.63) is 23.9 Å². The average Bonchev–Trinajstić information content (AvgIpc) is 2.88. The number of azo groups is 1. The van der Waals surface area contributed by atoms with Crippen molar-refractivity contribution in [1.29, 1.82) is 0 Å². The third-order valence-corrected chi connectivity index (χ3v) is 2.99. The number of rotatable bonds is 0. The fourth-order valence-electron chi connectivity index (χ4n) is 2.22. The second-order valence-electron chi connectivity index (χ2n) is 3.89. The zero-order valence-corrected chi connectivity index (χ0v) is 8.31. The average molecular weight is 212 g/mol. The molecule has 3 aliphatic heterocycles. The molecule has 1 unspecified atom stereocenters. The van der Waals surface area contributed by atoms with Crippen LogP contribution in [0.4, 0.5) is 11.4 Å². The predicted octanol–water partition coefficient (Wildman–Crippen LogP) is 1.65. The highest BCUT2D eigenvalue weighted by Gasteiger charge is 2.29. The molecule has 6 heteroatoms. The maximum Gasteiger partial charge on any atom is 0.115 e. The van der Waals surface area contributed by atoms with E-state index in [1.165, 1.54) is 0 Å². The Bertz CT molecular complexity index is 578. The van der Waals surface area contributed by atoms with E-state index in [4.69, 9.17) is 0 Å². The lowest BCUT2D eigenvalue weighted by Gasteiger charge is -2.20. The van der Waals surface area contributed by atoms with Gasteiger partial charge in [0.15, 0.2) is 0 Å². The molecule has 0 radical (unpaired) electrons. The van der Waals surface area contributed by atoms with Crippen molar-refractivity contribution < 1.29 is 0 Å². The van der Waals surface area contributed by atoms with E-state index >= 15 is 0 Å². The van der Waals surface area contributed by atoms with Gasteiger partial charge in [0, 0.05) is 12.1 Å². The Morgan fingerprint density at radius 3 is 3.31 bits per heavy atom. The standard InChI is InChI=1S/C10H8N6/c1-2-7-9-8(4-12-14-7)15-16-10(9)5-3-11-13-6(1)5/h1-3,8,12,14H,4H2. The predicted molar refractivity (Wildman–Crippen MR) is 57.5 cm³/mol. The zero-order chi connectivity index (χ0) is 10.5. The van der Waals surface area contributed by atoms with Crippen LogP contribution >= 0.6 is 0 Å². The molecule has 6 nitrogen and oxygen atoms in total. The van der Waals surface area contributed by atoms with Crippen LogP contribution < -0.4 is 10.9 Å². The molecule has 2 N–H and O–H groups in total. The first-order valence-electron chi connectivity index (χ1n) is 5.11. The van der Waals surface area contributed by atoms with Crippen LogP contribution in [-0.4, -0.2) is 16.7 Å². The van der Waals surface area contributed by atoms with Crippen LogP contribution in [0.15, 0.2) is 28.6 Å². The smallest absolute Gasteiger partial charge is 0.115 e. The number of nitrogens with zero attached hydrogens (tertiary/aromatic N) is 4. The molecule has 78 valence electrons. The topological polar surface area (TPSA) is 74.6 Å². The van der Waals surface area contributed by atoms with Crippen LogP contribution in [0.5, 0.6) is 0 Å². The minimum absolute atomic E-state index is 0.108. The number of aromatic nitrogens is 2. The van der Waals surface area contributed by atoms with E-state index < -0.39 is 0 Å². The van der Waals surface area contributed by atoms with E-state index in [0.29, 0.717) is 0 Å². The lowest BCUT2D eigenvalue weighted by Crippen LogP contribution is -2.31. The van der Waals surface area contributed by atoms with Gasteiger partial charge in [-0.05, 0) is 12.1 Å². The third-order valence-electron chi connectivity index (χ3n) is 2.99. The lowest BCUT2D eigenvalue weighted by molar-refractivity contribution is 0.624. The Hall–Kier alpha value is -2.08. The third kappa shape index (κ3) is 0.892. The summed E-state index contributed by atoms with van der Waals surface area (Å²) in [6, 6.07) is 4.05. The normalized spacial score (nSPS) is 20.9. The van der Waals surface area contributed by atoms with Gasteiger partial charge >= 0.3 is 0 Å². The Labute approximate surface area is 91.1 Å². The molecule has 0 saturated carbocycles.